The third kappa shape index (κ3) is 4.12. The fraction of sp³-hybridized carbons (Fsp3) is 0.500. The first kappa shape index (κ1) is 19.2. The van der Waals surface area contributed by atoms with Crippen LogP contribution in [0.4, 0.5) is 5.69 Å². The molecule has 1 aliphatic rings. The van der Waals surface area contributed by atoms with Gasteiger partial charge in [0.05, 0.1) is 17.7 Å². The van der Waals surface area contributed by atoms with E-state index >= 15 is 0 Å². The van der Waals surface area contributed by atoms with Crippen molar-refractivity contribution in [3.8, 4) is 5.75 Å². The van der Waals surface area contributed by atoms with Gasteiger partial charge in [0.2, 0.25) is 0 Å². The fourth-order valence-corrected chi connectivity index (χ4v) is 2.62. The summed E-state index contributed by atoms with van der Waals surface area (Å²) >= 11 is 5.86. The van der Waals surface area contributed by atoms with E-state index in [1.165, 1.54) is 11.0 Å². The molecule has 0 aliphatic carbocycles. The van der Waals surface area contributed by atoms with E-state index in [1.54, 1.807) is 32.9 Å². The van der Waals surface area contributed by atoms with Crippen molar-refractivity contribution in [2.45, 2.75) is 45.1 Å². The molecule has 0 N–H and O–H groups in total. The van der Waals surface area contributed by atoms with Gasteiger partial charge in [0.25, 0.3) is 5.91 Å². The number of alkyl halides is 1. The molecule has 25 heavy (non-hydrogen) atoms. The van der Waals surface area contributed by atoms with Crippen LogP contribution in [-0.4, -0.2) is 41.8 Å². The van der Waals surface area contributed by atoms with Crippen LogP contribution in [0.2, 0.25) is 0 Å². The molecular formula is C18H22ClNO5. The van der Waals surface area contributed by atoms with E-state index in [9.17, 15) is 14.4 Å². The number of carbonyl (C=O) groups is 3. The van der Waals surface area contributed by atoms with Crippen LogP contribution in [0.3, 0.4) is 0 Å². The third-order valence-corrected chi connectivity index (χ3v) is 3.97. The lowest BCUT2D eigenvalue weighted by molar-refractivity contribution is -0.144. The molecule has 7 heteroatoms. The number of hydrogen-bond acceptors (Lipinski definition) is 5. The number of anilines is 1. The van der Waals surface area contributed by atoms with Gasteiger partial charge in [0.15, 0.2) is 11.4 Å². The Morgan fingerprint density at radius 3 is 2.64 bits per heavy atom. The van der Waals surface area contributed by atoms with Crippen molar-refractivity contribution in [2.75, 3.05) is 18.1 Å². The minimum atomic E-state index is -1.12. The van der Waals surface area contributed by atoms with Crippen LogP contribution >= 0.6 is 11.6 Å². The lowest BCUT2D eigenvalue weighted by Gasteiger charge is -2.38. The fourth-order valence-electron chi connectivity index (χ4n) is 2.50. The number of ketones is 1. The van der Waals surface area contributed by atoms with Crippen LogP contribution in [-0.2, 0) is 14.3 Å². The number of halogens is 1. The lowest BCUT2D eigenvalue weighted by Crippen LogP contribution is -2.54. The second-order valence-corrected chi connectivity index (χ2v) is 7.04. The number of esters is 1. The Morgan fingerprint density at radius 1 is 1.36 bits per heavy atom. The van der Waals surface area contributed by atoms with Gasteiger partial charge in [-0.3, -0.25) is 19.3 Å². The molecule has 1 heterocycles. The average molecular weight is 368 g/mol. The number of rotatable bonds is 6. The highest BCUT2D eigenvalue weighted by Gasteiger charge is 2.42. The summed E-state index contributed by atoms with van der Waals surface area (Å²) in [5.41, 5.74) is -0.409. The number of benzene rings is 1. The minimum absolute atomic E-state index is 0.243. The van der Waals surface area contributed by atoms with E-state index in [2.05, 4.69) is 0 Å². The van der Waals surface area contributed by atoms with Gasteiger partial charge in [0.1, 0.15) is 12.3 Å². The van der Waals surface area contributed by atoms with Crippen LogP contribution in [0, 0.1) is 0 Å². The second-order valence-electron chi connectivity index (χ2n) is 6.39. The molecule has 0 radical (unpaired) electrons. The molecule has 1 aromatic rings. The predicted molar refractivity (Wildman–Crippen MR) is 94.4 cm³/mol. The summed E-state index contributed by atoms with van der Waals surface area (Å²) in [6.07, 6.45) is 0.692. The van der Waals surface area contributed by atoms with Crippen LogP contribution in [0.25, 0.3) is 0 Å². The Kier molecular flexibility index (Phi) is 5.72. The molecule has 2 rings (SSSR count). The minimum Gasteiger partial charge on any atom is -0.476 e. The third-order valence-electron chi connectivity index (χ3n) is 3.78. The molecule has 0 spiro atoms. The first-order valence-corrected chi connectivity index (χ1v) is 8.60. The maximum Gasteiger partial charge on any atom is 0.326 e. The van der Waals surface area contributed by atoms with Gasteiger partial charge in [-0.05, 0) is 45.4 Å². The van der Waals surface area contributed by atoms with Crippen LogP contribution in [0.5, 0.6) is 5.75 Å². The monoisotopic (exact) mass is 367 g/mol. The molecular weight excluding hydrogens is 346 g/mol. The van der Waals surface area contributed by atoms with E-state index in [0.29, 0.717) is 23.4 Å². The average Bonchev–Trinajstić information content (AvgIpc) is 2.55. The summed E-state index contributed by atoms with van der Waals surface area (Å²) in [6.45, 7) is 6.76. The quantitative estimate of drug-likeness (QED) is 0.439. The van der Waals surface area contributed by atoms with Crippen molar-refractivity contribution >= 4 is 34.9 Å². The number of nitrogens with zero attached hydrogens (tertiary/aromatic N) is 1. The summed E-state index contributed by atoms with van der Waals surface area (Å²) in [5.74, 6) is -0.736. The van der Waals surface area contributed by atoms with E-state index in [0.717, 1.165) is 0 Å². The van der Waals surface area contributed by atoms with Crippen molar-refractivity contribution < 1.29 is 23.9 Å². The Hall–Kier alpha value is -2.08. The molecule has 1 aliphatic heterocycles. The summed E-state index contributed by atoms with van der Waals surface area (Å²) < 4.78 is 10.8. The van der Waals surface area contributed by atoms with Gasteiger partial charge in [-0.1, -0.05) is 6.92 Å². The summed E-state index contributed by atoms with van der Waals surface area (Å²) in [7, 11) is 0. The van der Waals surface area contributed by atoms with Gasteiger partial charge < -0.3 is 9.47 Å². The smallest absolute Gasteiger partial charge is 0.326 e. The first-order chi connectivity index (χ1) is 11.7. The summed E-state index contributed by atoms with van der Waals surface area (Å²) in [6, 6.07) is 4.73. The lowest BCUT2D eigenvalue weighted by atomic mass is 10.0. The largest absolute Gasteiger partial charge is 0.476 e. The van der Waals surface area contributed by atoms with Crippen molar-refractivity contribution in [3.63, 3.8) is 0 Å². The molecule has 136 valence electrons. The predicted octanol–water partition coefficient (Wildman–Crippen LogP) is 2.95. The standard InChI is InChI=1S/C18H22ClNO5/c1-5-8-24-15(21)10-20-13-9-12(16(22)11(2)19)6-7-14(13)25-18(3,4)17(20)23/h6-7,9,11H,5,8,10H2,1-4H3. The van der Waals surface area contributed by atoms with Crippen molar-refractivity contribution in [1.82, 2.24) is 0 Å². The number of carbonyl (C=O) groups excluding carboxylic acids is 3. The maximum absolute atomic E-state index is 12.7. The number of Topliss-reactive ketones (excluding diaryl/α,β-unsaturated/α-hetero) is 1. The van der Waals surface area contributed by atoms with E-state index in [-0.39, 0.29) is 24.8 Å². The zero-order valence-corrected chi connectivity index (χ0v) is 15.6. The van der Waals surface area contributed by atoms with E-state index < -0.39 is 16.9 Å². The van der Waals surface area contributed by atoms with Gasteiger partial charge in [0, 0.05) is 5.56 Å². The number of ether oxygens (including phenoxy) is 2. The van der Waals surface area contributed by atoms with Crippen LogP contribution in [0.15, 0.2) is 18.2 Å². The molecule has 1 aromatic carbocycles. The van der Waals surface area contributed by atoms with Crippen molar-refractivity contribution in [3.05, 3.63) is 23.8 Å². The van der Waals surface area contributed by atoms with Gasteiger partial charge in [-0.2, -0.15) is 0 Å². The highest BCUT2D eigenvalue weighted by atomic mass is 35.5. The molecule has 1 amide bonds. The highest BCUT2D eigenvalue weighted by Crippen LogP contribution is 2.38. The Labute approximate surface area is 152 Å². The normalized spacial score (nSPS) is 16.7. The molecule has 0 fully saturated rings. The molecule has 6 nitrogen and oxygen atoms in total. The molecule has 1 atom stereocenters. The highest BCUT2D eigenvalue weighted by molar-refractivity contribution is 6.33. The van der Waals surface area contributed by atoms with Gasteiger partial charge in [-0.15, -0.1) is 11.6 Å². The molecule has 0 saturated carbocycles. The number of hydrogen-bond donors (Lipinski definition) is 0. The van der Waals surface area contributed by atoms with Crippen LogP contribution in [0.1, 0.15) is 44.5 Å². The molecule has 1 unspecified atom stereocenters. The summed E-state index contributed by atoms with van der Waals surface area (Å²) in [4.78, 5) is 38.2. The Balaban J connectivity index is 2.41. The number of fused-ring (bicyclic) bond motifs is 1. The molecule has 0 saturated heterocycles. The van der Waals surface area contributed by atoms with E-state index in [1.807, 2.05) is 6.92 Å². The van der Waals surface area contributed by atoms with Crippen molar-refractivity contribution in [2.24, 2.45) is 0 Å². The topological polar surface area (TPSA) is 72.9 Å². The SMILES string of the molecule is CCCOC(=O)CN1C(=O)C(C)(C)Oc2ccc(C(=O)C(C)Cl)cc21. The molecule has 0 bridgehead atoms. The van der Waals surface area contributed by atoms with Gasteiger partial charge in [-0.25, -0.2) is 0 Å². The molecule has 0 aromatic heterocycles. The maximum atomic E-state index is 12.7. The summed E-state index contributed by atoms with van der Waals surface area (Å²) in [5, 5.41) is -0.697. The second kappa shape index (κ2) is 7.44. The van der Waals surface area contributed by atoms with Crippen LogP contribution < -0.4 is 9.64 Å². The van der Waals surface area contributed by atoms with E-state index in [4.69, 9.17) is 21.1 Å². The zero-order valence-electron chi connectivity index (χ0n) is 14.8. The Morgan fingerprint density at radius 2 is 2.04 bits per heavy atom. The zero-order chi connectivity index (χ0) is 18.8. The first-order valence-electron chi connectivity index (χ1n) is 8.16. The number of amides is 1. The van der Waals surface area contributed by atoms with Gasteiger partial charge >= 0.3 is 5.97 Å². The Bertz CT molecular complexity index is 699. The van der Waals surface area contributed by atoms with Crippen molar-refractivity contribution in [1.29, 1.82) is 0 Å².